The SMILES string of the molecule is C=C1C[C@]23CC[C@@H]4C(CO)(CO)C[C@@H](O)C[C@]4(C)[C@H]2CC[C@@H]1C3. The van der Waals surface area contributed by atoms with Gasteiger partial charge in [-0.25, -0.2) is 0 Å². The summed E-state index contributed by atoms with van der Waals surface area (Å²) in [5.41, 5.74) is 1.39. The van der Waals surface area contributed by atoms with Gasteiger partial charge in [0.05, 0.1) is 19.3 Å². The van der Waals surface area contributed by atoms with E-state index in [2.05, 4.69) is 13.5 Å². The van der Waals surface area contributed by atoms with Crippen molar-refractivity contribution in [2.24, 2.45) is 34.0 Å². The standard InChI is InChI=1S/C20H32O3/c1-13-7-19-6-5-17-18(2,16(19)4-3-14(13)8-19)9-15(23)10-20(17,11-21)12-22/h14-17,21-23H,1,3-12H2,2H3/t14-,15+,16-,17+,18-,19+/m1/s1. The van der Waals surface area contributed by atoms with Gasteiger partial charge in [0, 0.05) is 5.41 Å². The molecule has 0 aromatic carbocycles. The van der Waals surface area contributed by atoms with E-state index >= 15 is 0 Å². The van der Waals surface area contributed by atoms with Gasteiger partial charge in [-0.05, 0) is 80.0 Å². The van der Waals surface area contributed by atoms with Crippen LogP contribution in [0.25, 0.3) is 0 Å². The summed E-state index contributed by atoms with van der Waals surface area (Å²) in [6.07, 6.45) is 8.23. The van der Waals surface area contributed by atoms with Crippen molar-refractivity contribution in [3.8, 4) is 0 Å². The Morgan fingerprint density at radius 1 is 1.04 bits per heavy atom. The number of allylic oxidation sites excluding steroid dienone is 1. The second-order valence-corrected chi connectivity index (χ2v) is 9.57. The van der Waals surface area contributed by atoms with Crippen LogP contribution in [0.1, 0.15) is 58.3 Å². The van der Waals surface area contributed by atoms with Crippen molar-refractivity contribution in [2.45, 2.75) is 64.4 Å². The molecular weight excluding hydrogens is 288 g/mol. The van der Waals surface area contributed by atoms with Crippen LogP contribution < -0.4 is 0 Å². The largest absolute Gasteiger partial charge is 0.396 e. The average Bonchev–Trinajstić information content (AvgIpc) is 2.74. The van der Waals surface area contributed by atoms with Crippen molar-refractivity contribution < 1.29 is 15.3 Å². The van der Waals surface area contributed by atoms with Crippen LogP contribution in [0.2, 0.25) is 0 Å². The third kappa shape index (κ3) is 1.99. The summed E-state index contributed by atoms with van der Waals surface area (Å²) >= 11 is 0. The molecule has 3 N–H and O–H groups in total. The second kappa shape index (κ2) is 5.06. The van der Waals surface area contributed by atoms with E-state index in [1.54, 1.807) is 0 Å². The van der Waals surface area contributed by atoms with Crippen molar-refractivity contribution in [3.63, 3.8) is 0 Å². The lowest BCUT2D eigenvalue weighted by atomic mass is 9.40. The summed E-state index contributed by atoms with van der Waals surface area (Å²) in [5, 5.41) is 30.8. The molecule has 3 heteroatoms. The summed E-state index contributed by atoms with van der Waals surface area (Å²) in [6, 6.07) is 0. The maximum absolute atomic E-state index is 10.6. The van der Waals surface area contributed by atoms with Gasteiger partial charge in [-0.1, -0.05) is 19.1 Å². The molecular formula is C20H32O3. The Hall–Kier alpha value is -0.380. The van der Waals surface area contributed by atoms with Crippen LogP contribution in [0.3, 0.4) is 0 Å². The molecule has 0 aromatic rings. The summed E-state index contributed by atoms with van der Waals surface area (Å²) in [7, 11) is 0. The Morgan fingerprint density at radius 3 is 2.48 bits per heavy atom. The fourth-order valence-corrected chi connectivity index (χ4v) is 7.83. The van der Waals surface area contributed by atoms with E-state index in [0.717, 1.165) is 18.8 Å². The zero-order valence-corrected chi connectivity index (χ0v) is 14.4. The molecule has 0 radical (unpaired) electrons. The van der Waals surface area contributed by atoms with Crippen LogP contribution in [-0.4, -0.2) is 34.6 Å². The van der Waals surface area contributed by atoms with E-state index in [-0.39, 0.29) is 18.6 Å². The van der Waals surface area contributed by atoms with E-state index in [0.29, 0.717) is 23.7 Å². The number of rotatable bonds is 2. The van der Waals surface area contributed by atoms with Gasteiger partial charge in [0.25, 0.3) is 0 Å². The summed E-state index contributed by atoms with van der Waals surface area (Å²) in [5.74, 6) is 1.66. The van der Waals surface area contributed by atoms with Gasteiger partial charge in [-0.15, -0.1) is 0 Å². The molecule has 0 amide bonds. The third-order valence-electron chi connectivity index (χ3n) is 8.56. The number of fused-ring (bicyclic) bond motifs is 3. The molecule has 0 saturated heterocycles. The molecule has 1 spiro atoms. The number of aliphatic hydroxyl groups excluding tert-OH is 3. The van der Waals surface area contributed by atoms with Gasteiger partial charge >= 0.3 is 0 Å². The third-order valence-corrected chi connectivity index (χ3v) is 8.56. The zero-order chi connectivity index (χ0) is 16.5. The van der Waals surface area contributed by atoms with E-state index in [1.807, 2.05) is 0 Å². The number of hydrogen-bond acceptors (Lipinski definition) is 3. The average molecular weight is 320 g/mol. The topological polar surface area (TPSA) is 60.7 Å². The highest BCUT2D eigenvalue weighted by Gasteiger charge is 2.65. The summed E-state index contributed by atoms with van der Waals surface area (Å²) in [4.78, 5) is 0. The maximum atomic E-state index is 10.6. The lowest BCUT2D eigenvalue weighted by Crippen LogP contribution is -2.61. The molecule has 4 rings (SSSR count). The fourth-order valence-electron chi connectivity index (χ4n) is 7.83. The Kier molecular flexibility index (Phi) is 3.54. The lowest BCUT2D eigenvalue weighted by molar-refractivity contribution is -0.200. The molecule has 2 bridgehead atoms. The summed E-state index contributed by atoms with van der Waals surface area (Å²) in [6.45, 7) is 6.70. The van der Waals surface area contributed by atoms with E-state index in [4.69, 9.17) is 0 Å². The maximum Gasteiger partial charge on any atom is 0.0552 e. The molecule has 0 unspecified atom stereocenters. The van der Waals surface area contributed by atoms with Crippen molar-refractivity contribution in [1.29, 1.82) is 0 Å². The normalized spacial score (nSPS) is 51.2. The summed E-state index contributed by atoms with van der Waals surface area (Å²) < 4.78 is 0. The Bertz CT molecular complexity index is 511. The number of hydrogen-bond donors (Lipinski definition) is 3. The highest BCUT2D eigenvalue weighted by molar-refractivity contribution is 5.22. The molecule has 4 aliphatic rings. The van der Waals surface area contributed by atoms with Crippen molar-refractivity contribution >= 4 is 0 Å². The number of aliphatic hydroxyl groups is 3. The monoisotopic (exact) mass is 320 g/mol. The van der Waals surface area contributed by atoms with Gasteiger partial charge in [-0.3, -0.25) is 0 Å². The Morgan fingerprint density at radius 2 is 1.78 bits per heavy atom. The molecule has 0 aliphatic heterocycles. The second-order valence-electron chi connectivity index (χ2n) is 9.57. The van der Waals surface area contributed by atoms with Gasteiger partial charge in [0.1, 0.15) is 0 Å². The molecule has 130 valence electrons. The fraction of sp³-hybridized carbons (Fsp3) is 0.900. The van der Waals surface area contributed by atoms with Crippen LogP contribution >= 0.6 is 0 Å². The first-order valence-corrected chi connectivity index (χ1v) is 9.47. The van der Waals surface area contributed by atoms with Gasteiger partial charge in [-0.2, -0.15) is 0 Å². The van der Waals surface area contributed by atoms with Crippen molar-refractivity contribution in [3.05, 3.63) is 12.2 Å². The minimum Gasteiger partial charge on any atom is -0.396 e. The predicted octanol–water partition coefficient (Wildman–Crippen LogP) is 2.89. The zero-order valence-electron chi connectivity index (χ0n) is 14.4. The molecule has 6 atom stereocenters. The molecule has 4 aliphatic carbocycles. The minimum atomic E-state index is -0.500. The first-order valence-electron chi connectivity index (χ1n) is 9.47. The lowest BCUT2D eigenvalue weighted by Gasteiger charge is -2.65. The molecule has 0 aromatic heterocycles. The smallest absolute Gasteiger partial charge is 0.0552 e. The highest BCUT2D eigenvalue weighted by Crippen LogP contribution is 2.72. The van der Waals surface area contributed by atoms with E-state index < -0.39 is 11.5 Å². The van der Waals surface area contributed by atoms with E-state index in [9.17, 15) is 15.3 Å². The van der Waals surface area contributed by atoms with Crippen LogP contribution in [-0.2, 0) is 0 Å². The molecule has 23 heavy (non-hydrogen) atoms. The molecule has 4 fully saturated rings. The van der Waals surface area contributed by atoms with Crippen molar-refractivity contribution in [1.82, 2.24) is 0 Å². The van der Waals surface area contributed by atoms with Crippen LogP contribution in [0.4, 0.5) is 0 Å². The molecule has 3 nitrogen and oxygen atoms in total. The Balaban J connectivity index is 1.75. The first-order chi connectivity index (χ1) is 10.9. The Labute approximate surface area is 139 Å². The highest BCUT2D eigenvalue weighted by atomic mass is 16.3. The van der Waals surface area contributed by atoms with Crippen LogP contribution in [0.15, 0.2) is 12.2 Å². The van der Waals surface area contributed by atoms with Crippen LogP contribution in [0, 0.1) is 34.0 Å². The van der Waals surface area contributed by atoms with Gasteiger partial charge in [0.15, 0.2) is 0 Å². The quantitative estimate of drug-likeness (QED) is 0.686. The predicted molar refractivity (Wildman–Crippen MR) is 89.7 cm³/mol. The van der Waals surface area contributed by atoms with E-state index in [1.165, 1.54) is 37.7 Å². The molecule has 4 saturated carbocycles. The van der Waals surface area contributed by atoms with Crippen molar-refractivity contribution in [2.75, 3.05) is 13.2 Å². The minimum absolute atomic E-state index is 0.00410. The van der Waals surface area contributed by atoms with Crippen LogP contribution in [0.5, 0.6) is 0 Å². The first kappa shape index (κ1) is 16.1. The molecule has 0 heterocycles. The van der Waals surface area contributed by atoms with Gasteiger partial charge in [0.2, 0.25) is 0 Å². The van der Waals surface area contributed by atoms with Gasteiger partial charge < -0.3 is 15.3 Å².